The monoisotopic (exact) mass is 387 g/mol. The van der Waals surface area contributed by atoms with Gasteiger partial charge in [-0.2, -0.15) is 0 Å². The Balaban J connectivity index is 1.81. The maximum absolute atomic E-state index is 11.8. The third-order valence-corrected chi connectivity index (χ3v) is 3.32. The number of nitrogens with one attached hydrogen (secondary N) is 1. The highest BCUT2D eigenvalue weighted by atomic mass is 79.9. The molecule has 0 aliphatic rings. The van der Waals surface area contributed by atoms with Crippen LogP contribution in [-0.4, -0.2) is 29.9 Å². The predicted octanol–water partition coefficient (Wildman–Crippen LogP) is 1.76. The van der Waals surface area contributed by atoms with E-state index in [0.717, 1.165) is 4.47 Å². The van der Waals surface area contributed by atoms with Crippen molar-refractivity contribution in [2.75, 3.05) is 13.2 Å². The molecule has 0 saturated carbocycles. The van der Waals surface area contributed by atoms with Crippen molar-refractivity contribution in [3.8, 4) is 17.6 Å². The smallest absolute Gasteiger partial charge is 0.253 e. The van der Waals surface area contributed by atoms with E-state index in [0.29, 0.717) is 16.9 Å². The number of hydrogen-bond acceptors (Lipinski definition) is 4. The van der Waals surface area contributed by atoms with Crippen molar-refractivity contribution < 1.29 is 14.3 Å². The van der Waals surface area contributed by atoms with Crippen molar-refractivity contribution in [3.05, 3.63) is 58.3 Å². The summed E-state index contributed by atoms with van der Waals surface area (Å²) in [7, 11) is 0. The van der Waals surface area contributed by atoms with Crippen LogP contribution in [-0.2, 0) is 0 Å². The number of aromatic nitrogens is 1. The fraction of sp³-hybridized carbons (Fsp3) is 0.118. The zero-order valence-electron chi connectivity index (χ0n) is 12.6. The SMILES string of the molecule is NC(=O)c1ccccc1OCC#CCNC(=O)c1cncc(Br)c1. The Kier molecular flexibility index (Phi) is 6.34. The number of benzene rings is 1. The quantitative estimate of drug-likeness (QED) is 0.764. The Bertz CT molecular complexity index is 812. The van der Waals surface area contributed by atoms with Crippen molar-refractivity contribution in [3.63, 3.8) is 0 Å². The van der Waals surface area contributed by atoms with Crippen LogP contribution in [0.4, 0.5) is 0 Å². The Hall–Kier alpha value is -2.85. The first-order valence-corrected chi connectivity index (χ1v) is 7.73. The van der Waals surface area contributed by atoms with Gasteiger partial charge in [0.2, 0.25) is 0 Å². The number of hydrogen-bond donors (Lipinski definition) is 2. The number of primary amides is 1. The predicted molar refractivity (Wildman–Crippen MR) is 92.5 cm³/mol. The summed E-state index contributed by atoms with van der Waals surface area (Å²) < 4.78 is 6.13. The van der Waals surface area contributed by atoms with Crippen molar-refractivity contribution in [2.45, 2.75) is 0 Å². The summed E-state index contributed by atoms with van der Waals surface area (Å²) in [5.41, 5.74) is 6.00. The number of nitrogens with zero attached hydrogens (tertiary/aromatic N) is 1. The molecule has 122 valence electrons. The molecule has 0 bridgehead atoms. The highest BCUT2D eigenvalue weighted by Crippen LogP contribution is 2.16. The first-order chi connectivity index (χ1) is 11.6. The molecule has 7 heteroatoms. The molecular weight excluding hydrogens is 374 g/mol. The molecule has 0 saturated heterocycles. The summed E-state index contributed by atoms with van der Waals surface area (Å²) in [5.74, 6) is 5.07. The van der Waals surface area contributed by atoms with Gasteiger partial charge in [0.25, 0.3) is 11.8 Å². The highest BCUT2D eigenvalue weighted by molar-refractivity contribution is 9.10. The number of carbonyl (C=O) groups excluding carboxylic acids is 2. The number of carbonyl (C=O) groups is 2. The summed E-state index contributed by atoms with van der Waals surface area (Å²) in [6.07, 6.45) is 3.06. The summed E-state index contributed by atoms with van der Waals surface area (Å²) in [6.45, 7) is 0.255. The molecule has 0 aliphatic carbocycles. The van der Waals surface area contributed by atoms with Gasteiger partial charge >= 0.3 is 0 Å². The van der Waals surface area contributed by atoms with Crippen molar-refractivity contribution in [1.82, 2.24) is 10.3 Å². The Labute approximate surface area is 147 Å². The molecule has 1 heterocycles. The van der Waals surface area contributed by atoms with Crippen LogP contribution in [0.5, 0.6) is 5.75 Å². The number of para-hydroxylation sites is 1. The molecule has 1 aromatic heterocycles. The molecule has 1 aromatic carbocycles. The van der Waals surface area contributed by atoms with Gasteiger partial charge in [-0.05, 0) is 34.1 Å². The molecule has 24 heavy (non-hydrogen) atoms. The van der Waals surface area contributed by atoms with Crippen LogP contribution >= 0.6 is 15.9 Å². The summed E-state index contributed by atoms with van der Waals surface area (Å²) in [4.78, 5) is 27.0. The second-order valence-corrected chi connectivity index (χ2v) is 5.49. The van der Waals surface area contributed by atoms with E-state index >= 15 is 0 Å². The van der Waals surface area contributed by atoms with E-state index in [2.05, 4.69) is 38.1 Å². The normalized spacial score (nSPS) is 9.54. The molecule has 3 N–H and O–H groups in total. The van der Waals surface area contributed by atoms with Crippen LogP contribution in [0.15, 0.2) is 47.2 Å². The molecule has 0 atom stereocenters. The van der Waals surface area contributed by atoms with Crippen LogP contribution in [0.3, 0.4) is 0 Å². The molecule has 2 rings (SSSR count). The highest BCUT2D eigenvalue weighted by Gasteiger charge is 2.07. The van der Waals surface area contributed by atoms with E-state index < -0.39 is 5.91 Å². The van der Waals surface area contributed by atoms with E-state index in [1.165, 1.54) is 6.20 Å². The Morgan fingerprint density at radius 1 is 1.25 bits per heavy atom. The van der Waals surface area contributed by atoms with Crippen LogP contribution in [0.2, 0.25) is 0 Å². The van der Waals surface area contributed by atoms with Crippen LogP contribution in [0, 0.1) is 11.8 Å². The molecule has 0 aliphatic heterocycles. The lowest BCUT2D eigenvalue weighted by Crippen LogP contribution is -2.23. The lowest BCUT2D eigenvalue weighted by molar-refractivity contribution is 0.0956. The maximum Gasteiger partial charge on any atom is 0.253 e. The second kappa shape index (κ2) is 8.70. The van der Waals surface area contributed by atoms with E-state index in [1.54, 1.807) is 36.5 Å². The standard InChI is InChI=1S/C17H14BrN3O3/c18-13-9-12(10-20-11-13)17(23)21-7-3-4-8-24-15-6-2-1-5-14(15)16(19)22/h1-2,5-6,9-11H,7-8H2,(H2,19,22)(H,21,23). The largest absolute Gasteiger partial charge is 0.480 e. The Morgan fingerprint density at radius 2 is 2.04 bits per heavy atom. The molecule has 0 radical (unpaired) electrons. The average molecular weight is 388 g/mol. The zero-order chi connectivity index (χ0) is 17.4. The van der Waals surface area contributed by atoms with Gasteiger partial charge in [-0.1, -0.05) is 24.0 Å². The van der Waals surface area contributed by atoms with Crippen LogP contribution < -0.4 is 15.8 Å². The fourth-order valence-electron chi connectivity index (χ4n) is 1.79. The van der Waals surface area contributed by atoms with Gasteiger partial charge in [-0.3, -0.25) is 14.6 Å². The van der Waals surface area contributed by atoms with Crippen LogP contribution in [0.25, 0.3) is 0 Å². The van der Waals surface area contributed by atoms with Gasteiger partial charge in [0.1, 0.15) is 12.4 Å². The minimum absolute atomic E-state index is 0.0819. The molecule has 2 aromatic rings. The minimum Gasteiger partial charge on any atom is -0.480 e. The van der Waals surface area contributed by atoms with Gasteiger partial charge in [-0.15, -0.1) is 0 Å². The molecule has 0 spiro atoms. The summed E-state index contributed by atoms with van der Waals surface area (Å²) in [6, 6.07) is 8.33. The van der Waals surface area contributed by atoms with Crippen molar-refractivity contribution in [1.29, 1.82) is 0 Å². The fourth-order valence-corrected chi connectivity index (χ4v) is 2.15. The van der Waals surface area contributed by atoms with Crippen LogP contribution in [0.1, 0.15) is 20.7 Å². The molecule has 0 unspecified atom stereocenters. The van der Waals surface area contributed by atoms with E-state index in [-0.39, 0.29) is 19.1 Å². The van der Waals surface area contributed by atoms with Gasteiger partial charge in [0.05, 0.1) is 17.7 Å². The molecule has 2 amide bonds. The summed E-state index contributed by atoms with van der Waals surface area (Å²) in [5, 5.41) is 2.65. The maximum atomic E-state index is 11.8. The average Bonchev–Trinajstić information content (AvgIpc) is 2.58. The second-order valence-electron chi connectivity index (χ2n) is 4.58. The minimum atomic E-state index is -0.562. The summed E-state index contributed by atoms with van der Waals surface area (Å²) >= 11 is 3.25. The van der Waals surface area contributed by atoms with E-state index in [4.69, 9.17) is 10.5 Å². The van der Waals surface area contributed by atoms with E-state index in [1.807, 2.05) is 0 Å². The van der Waals surface area contributed by atoms with Crippen molar-refractivity contribution in [2.24, 2.45) is 5.73 Å². The topological polar surface area (TPSA) is 94.3 Å². The first-order valence-electron chi connectivity index (χ1n) is 6.94. The third-order valence-electron chi connectivity index (χ3n) is 2.88. The number of amides is 2. The first kappa shape index (κ1) is 17.5. The molecule has 6 nitrogen and oxygen atoms in total. The van der Waals surface area contributed by atoms with Gasteiger partial charge in [-0.25, -0.2) is 0 Å². The van der Waals surface area contributed by atoms with Gasteiger partial charge in [0, 0.05) is 16.9 Å². The van der Waals surface area contributed by atoms with Gasteiger partial charge < -0.3 is 15.8 Å². The zero-order valence-corrected chi connectivity index (χ0v) is 14.2. The third kappa shape index (κ3) is 5.11. The number of rotatable bonds is 5. The number of halogens is 1. The van der Waals surface area contributed by atoms with E-state index in [9.17, 15) is 9.59 Å². The van der Waals surface area contributed by atoms with Crippen molar-refractivity contribution >= 4 is 27.7 Å². The number of pyridine rings is 1. The Morgan fingerprint density at radius 3 is 2.79 bits per heavy atom. The van der Waals surface area contributed by atoms with Gasteiger partial charge in [0.15, 0.2) is 0 Å². The lowest BCUT2D eigenvalue weighted by Gasteiger charge is -2.05. The number of nitrogens with two attached hydrogens (primary N) is 1. The number of ether oxygens (including phenoxy) is 1. The molecular formula is C17H14BrN3O3. The molecule has 0 fully saturated rings. The lowest BCUT2D eigenvalue weighted by atomic mass is 10.2.